The minimum absolute atomic E-state index is 0.746. The van der Waals surface area contributed by atoms with Crippen LogP contribution in [0.2, 0.25) is 31.9 Å². The Morgan fingerprint density at radius 3 is 0.786 bits per heavy atom. The molecule has 0 amide bonds. The fourth-order valence-corrected chi connectivity index (χ4v) is 23.9. The summed E-state index contributed by atoms with van der Waals surface area (Å²) in [5.41, 5.74) is 0. The van der Waals surface area contributed by atoms with Crippen molar-refractivity contribution >= 4 is 89.7 Å². The first kappa shape index (κ1) is 30.6. The zero-order chi connectivity index (χ0) is 21.0. The molecule has 0 heterocycles. The molecule has 0 aliphatic rings. The maximum atomic E-state index is 2.40. The molecule has 0 unspecified atom stereocenters. The topological polar surface area (TPSA) is 0 Å². The van der Waals surface area contributed by atoms with Crippen LogP contribution in [-0.4, -0.2) is 89.7 Å². The molecule has 0 nitrogen and oxygen atoms in total. The second-order valence-electron chi connectivity index (χ2n) is 6.32. The number of allylic oxidation sites excluding steroid dienone is 2. The van der Waals surface area contributed by atoms with E-state index < -0.39 is 0 Å². The first-order valence-corrected chi connectivity index (χ1v) is 23.4. The Morgan fingerprint density at radius 1 is 0.357 bits per heavy atom. The summed E-state index contributed by atoms with van der Waals surface area (Å²) >= 11 is 4.61. The second kappa shape index (κ2) is 22.8. The Bertz CT molecular complexity index is 371. The van der Waals surface area contributed by atoms with Crippen molar-refractivity contribution in [3.63, 3.8) is 0 Å². The molecule has 0 aliphatic heterocycles. The van der Waals surface area contributed by atoms with E-state index in [2.05, 4.69) is 41.5 Å². The van der Waals surface area contributed by atoms with Crippen molar-refractivity contribution in [3.05, 3.63) is 15.7 Å². The van der Waals surface area contributed by atoms with Crippen LogP contribution in [0.15, 0.2) is 15.7 Å². The van der Waals surface area contributed by atoms with E-state index in [1.807, 2.05) is 15.7 Å². The molecular weight excluding hydrogens is 738 g/mol. The third-order valence-corrected chi connectivity index (χ3v) is 26.2. The average molecular weight is 780 g/mol. The van der Waals surface area contributed by atoms with Gasteiger partial charge in [-0.25, -0.2) is 0 Å². The molecule has 0 atom stereocenters. The molecule has 0 aromatic carbocycles. The van der Waals surface area contributed by atoms with Gasteiger partial charge in [0.1, 0.15) is 0 Å². The summed E-state index contributed by atoms with van der Waals surface area (Å²) in [4.78, 5) is 0. The van der Waals surface area contributed by atoms with Crippen LogP contribution in [-0.2, 0) is 0 Å². The van der Waals surface area contributed by atoms with E-state index in [0.29, 0.717) is 0 Å². The first-order chi connectivity index (χ1) is 13.7. The zero-order valence-electron chi connectivity index (χ0n) is 18.9. The van der Waals surface area contributed by atoms with Crippen LogP contribution in [0.25, 0.3) is 0 Å². The summed E-state index contributed by atoms with van der Waals surface area (Å²) in [7, 11) is 0. The fourth-order valence-electron chi connectivity index (χ4n) is 1.97. The molecule has 0 rings (SSSR count). The summed E-state index contributed by atoms with van der Waals surface area (Å²) in [6, 6.07) is 0. The van der Waals surface area contributed by atoms with E-state index in [4.69, 9.17) is 0 Å². The Labute approximate surface area is 215 Å². The summed E-state index contributed by atoms with van der Waals surface area (Å²) < 4.78 is 8.08. The predicted molar refractivity (Wildman–Crippen MR) is 139 cm³/mol. The van der Waals surface area contributed by atoms with Gasteiger partial charge < -0.3 is 0 Å². The van der Waals surface area contributed by atoms with Gasteiger partial charge in [-0.3, -0.25) is 0 Å². The standard InChI is InChI=1S/C22H42Se6/c1-7-13-23-19(21(25-15-9-3)26-16-10-4)20(24-14-8-2)22(27-17-11-5)28-18-12-6/h7-18H2,1-6H3. The quantitative estimate of drug-likeness (QED) is 0.104. The van der Waals surface area contributed by atoms with Crippen LogP contribution in [0.5, 0.6) is 0 Å². The van der Waals surface area contributed by atoms with E-state index in [0.717, 1.165) is 89.7 Å². The summed E-state index contributed by atoms with van der Waals surface area (Å²) in [6.07, 6.45) is 8.27. The molecule has 0 spiro atoms. The van der Waals surface area contributed by atoms with Crippen molar-refractivity contribution in [2.24, 2.45) is 0 Å². The molecule has 6 heteroatoms. The SMILES string of the molecule is CCC[Se]C([Se]CCC)=C([Se]CCC)C([Se]CCC)=C([Se]CCC)[Se]CCC. The Hall–Kier alpha value is 2.60. The van der Waals surface area contributed by atoms with Gasteiger partial charge >= 0.3 is 217 Å². The summed E-state index contributed by atoms with van der Waals surface area (Å²) in [5, 5.41) is 8.84. The van der Waals surface area contributed by atoms with Gasteiger partial charge in [-0.2, -0.15) is 0 Å². The van der Waals surface area contributed by atoms with Crippen LogP contribution >= 0.6 is 0 Å². The van der Waals surface area contributed by atoms with Crippen molar-refractivity contribution in [1.29, 1.82) is 0 Å². The fraction of sp³-hybridized carbons (Fsp3) is 0.818. The van der Waals surface area contributed by atoms with Gasteiger partial charge in [0.15, 0.2) is 0 Å². The molecule has 0 aromatic heterocycles. The molecule has 0 N–H and O–H groups in total. The third kappa shape index (κ3) is 14.6. The molecule has 0 saturated carbocycles. The van der Waals surface area contributed by atoms with Gasteiger partial charge in [-0.05, 0) is 0 Å². The zero-order valence-corrected chi connectivity index (χ0v) is 29.2. The second-order valence-corrected chi connectivity index (χ2v) is 22.9. The minimum atomic E-state index is 0.746. The monoisotopic (exact) mass is 786 g/mol. The van der Waals surface area contributed by atoms with Gasteiger partial charge in [-0.15, -0.1) is 0 Å². The van der Waals surface area contributed by atoms with Gasteiger partial charge in [0.05, 0.1) is 0 Å². The molecule has 0 aliphatic carbocycles. The maximum absolute atomic E-state index is 2.40. The van der Waals surface area contributed by atoms with E-state index in [-0.39, 0.29) is 0 Å². The summed E-state index contributed by atoms with van der Waals surface area (Å²) in [5.74, 6) is 0. The number of hydrogen-bond acceptors (Lipinski definition) is 0. The van der Waals surface area contributed by atoms with Crippen molar-refractivity contribution in [2.75, 3.05) is 0 Å². The van der Waals surface area contributed by atoms with Crippen molar-refractivity contribution in [3.8, 4) is 0 Å². The van der Waals surface area contributed by atoms with Crippen LogP contribution in [0.3, 0.4) is 0 Å². The van der Waals surface area contributed by atoms with Gasteiger partial charge in [0.25, 0.3) is 0 Å². The molecule has 0 saturated heterocycles. The molecule has 0 bridgehead atoms. The van der Waals surface area contributed by atoms with E-state index in [1.54, 1.807) is 0 Å². The van der Waals surface area contributed by atoms with Crippen molar-refractivity contribution in [2.45, 2.75) is 112 Å². The van der Waals surface area contributed by atoms with Gasteiger partial charge in [0.2, 0.25) is 0 Å². The number of hydrogen-bond donors (Lipinski definition) is 0. The molecule has 0 radical (unpaired) electrons. The van der Waals surface area contributed by atoms with E-state index in [9.17, 15) is 0 Å². The molecule has 0 fully saturated rings. The first-order valence-electron chi connectivity index (χ1n) is 10.9. The van der Waals surface area contributed by atoms with Gasteiger partial charge in [-0.1, -0.05) is 0 Å². The van der Waals surface area contributed by atoms with E-state index in [1.165, 1.54) is 70.4 Å². The Balaban J connectivity index is 6.18. The predicted octanol–water partition coefficient (Wildman–Crippen LogP) is 6.52. The van der Waals surface area contributed by atoms with Gasteiger partial charge in [0, 0.05) is 0 Å². The van der Waals surface area contributed by atoms with Crippen molar-refractivity contribution < 1.29 is 0 Å². The van der Waals surface area contributed by atoms with Crippen LogP contribution in [0, 0.1) is 0 Å². The normalized spacial score (nSPS) is 10.9. The molecular formula is C22H42Se6. The molecule has 166 valence electrons. The Morgan fingerprint density at radius 2 is 0.571 bits per heavy atom. The van der Waals surface area contributed by atoms with Crippen LogP contribution in [0.1, 0.15) is 80.1 Å². The van der Waals surface area contributed by atoms with Crippen LogP contribution in [0.4, 0.5) is 0 Å². The molecule has 0 aromatic rings. The van der Waals surface area contributed by atoms with Crippen LogP contribution < -0.4 is 0 Å². The Kier molecular flexibility index (Phi) is 24.9. The summed E-state index contributed by atoms with van der Waals surface area (Å²) in [6.45, 7) is 14.4. The molecule has 28 heavy (non-hydrogen) atoms. The van der Waals surface area contributed by atoms with E-state index >= 15 is 0 Å². The third-order valence-electron chi connectivity index (χ3n) is 3.23. The average Bonchev–Trinajstić information content (AvgIpc) is 2.71. The van der Waals surface area contributed by atoms with Crippen molar-refractivity contribution in [1.82, 2.24) is 0 Å². The number of rotatable bonds is 19.